The van der Waals surface area contributed by atoms with Crippen molar-refractivity contribution in [1.29, 1.82) is 0 Å². The fourth-order valence-corrected chi connectivity index (χ4v) is 4.32. The fraction of sp³-hybridized carbons (Fsp3) is 0.500. The zero-order valence-electron chi connectivity index (χ0n) is 17.9. The summed E-state index contributed by atoms with van der Waals surface area (Å²) in [5, 5.41) is 13.1. The van der Waals surface area contributed by atoms with Gasteiger partial charge in [-0.3, -0.25) is 4.68 Å². The van der Waals surface area contributed by atoms with Gasteiger partial charge in [0.05, 0.1) is 11.7 Å². The van der Waals surface area contributed by atoms with Crippen molar-refractivity contribution >= 4 is 34.3 Å². The molecule has 160 valence electrons. The number of hydrogen-bond donors (Lipinski definition) is 2. The SMILES string of the molecule is CN(C)c1nc(N[C@H]2CC[C@@H](CNCc3cnn(C)c3Cl)CC2)nc2ccccc12. The Labute approximate surface area is 182 Å². The van der Waals surface area contributed by atoms with Gasteiger partial charge in [0.15, 0.2) is 0 Å². The summed E-state index contributed by atoms with van der Waals surface area (Å²) in [5.41, 5.74) is 2.03. The van der Waals surface area contributed by atoms with Crippen molar-refractivity contribution in [2.45, 2.75) is 38.3 Å². The van der Waals surface area contributed by atoms with Gasteiger partial charge in [-0.15, -0.1) is 0 Å². The maximum atomic E-state index is 6.23. The van der Waals surface area contributed by atoms with Crippen LogP contribution in [-0.2, 0) is 13.6 Å². The number of hydrogen-bond acceptors (Lipinski definition) is 6. The number of para-hydroxylation sites is 1. The van der Waals surface area contributed by atoms with E-state index in [1.165, 1.54) is 12.8 Å². The molecule has 3 aromatic rings. The number of benzene rings is 1. The number of nitrogens with zero attached hydrogens (tertiary/aromatic N) is 5. The minimum Gasteiger partial charge on any atom is -0.362 e. The smallest absolute Gasteiger partial charge is 0.225 e. The zero-order chi connectivity index (χ0) is 21.1. The molecule has 7 nitrogen and oxygen atoms in total. The first-order valence-electron chi connectivity index (χ1n) is 10.6. The van der Waals surface area contributed by atoms with E-state index in [0.29, 0.717) is 17.1 Å². The van der Waals surface area contributed by atoms with Crippen LogP contribution in [0, 0.1) is 5.92 Å². The Morgan fingerprint density at radius 2 is 1.90 bits per heavy atom. The number of fused-ring (bicyclic) bond motifs is 1. The predicted molar refractivity (Wildman–Crippen MR) is 123 cm³/mol. The lowest BCUT2D eigenvalue weighted by Crippen LogP contribution is -2.31. The van der Waals surface area contributed by atoms with Crippen molar-refractivity contribution in [3.05, 3.63) is 41.2 Å². The van der Waals surface area contributed by atoms with Crippen LogP contribution in [0.1, 0.15) is 31.2 Å². The van der Waals surface area contributed by atoms with Crippen LogP contribution in [0.4, 0.5) is 11.8 Å². The summed E-state index contributed by atoms with van der Waals surface area (Å²) in [7, 11) is 5.91. The summed E-state index contributed by atoms with van der Waals surface area (Å²) in [4.78, 5) is 11.6. The van der Waals surface area contributed by atoms with Crippen LogP contribution in [0.3, 0.4) is 0 Å². The summed E-state index contributed by atoms with van der Waals surface area (Å²) in [5.74, 6) is 2.37. The van der Waals surface area contributed by atoms with E-state index < -0.39 is 0 Å². The van der Waals surface area contributed by atoms with Crippen LogP contribution >= 0.6 is 11.6 Å². The minimum atomic E-state index is 0.421. The van der Waals surface area contributed by atoms with Gasteiger partial charge in [-0.2, -0.15) is 10.1 Å². The summed E-state index contributed by atoms with van der Waals surface area (Å²) in [6.45, 7) is 1.78. The molecule has 0 unspecified atom stereocenters. The van der Waals surface area contributed by atoms with Gasteiger partial charge in [0.1, 0.15) is 11.0 Å². The average molecular weight is 428 g/mol. The first kappa shape index (κ1) is 20.9. The van der Waals surface area contributed by atoms with Crippen molar-refractivity contribution in [2.75, 3.05) is 30.9 Å². The highest BCUT2D eigenvalue weighted by atomic mass is 35.5. The molecule has 1 aliphatic carbocycles. The summed E-state index contributed by atoms with van der Waals surface area (Å²) in [6, 6.07) is 8.60. The van der Waals surface area contributed by atoms with Crippen molar-refractivity contribution in [3.63, 3.8) is 0 Å². The van der Waals surface area contributed by atoms with E-state index in [1.54, 1.807) is 4.68 Å². The molecule has 0 radical (unpaired) electrons. The zero-order valence-corrected chi connectivity index (χ0v) is 18.7. The Morgan fingerprint density at radius 1 is 1.13 bits per heavy atom. The molecule has 2 aromatic heterocycles. The lowest BCUT2D eigenvalue weighted by Gasteiger charge is -2.29. The number of nitrogens with one attached hydrogen (secondary N) is 2. The van der Waals surface area contributed by atoms with Crippen molar-refractivity contribution in [2.24, 2.45) is 13.0 Å². The first-order valence-corrected chi connectivity index (χ1v) is 11.0. The normalized spacial score (nSPS) is 19.2. The summed E-state index contributed by atoms with van der Waals surface area (Å²) >= 11 is 6.23. The Balaban J connectivity index is 1.30. The van der Waals surface area contributed by atoms with E-state index in [-0.39, 0.29) is 0 Å². The molecule has 0 amide bonds. The molecular formula is C22H30ClN7. The summed E-state index contributed by atoms with van der Waals surface area (Å²) < 4.78 is 1.70. The van der Waals surface area contributed by atoms with Gasteiger partial charge in [0, 0.05) is 44.7 Å². The predicted octanol–water partition coefficient (Wildman–Crippen LogP) is 3.84. The fourth-order valence-electron chi connectivity index (χ4n) is 4.16. The number of aromatic nitrogens is 4. The van der Waals surface area contributed by atoms with E-state index in [4.69, 9.17) is 21.6 Å². The molecule has 8 heteroatoms. The molecule has 1 fully saturated rings. The van der Waals surface area contributed by atoms with Crippen LogP contribution in [0.2, 0.25) is 5.15 Å². The number of anilines is 2. The lowest BCUT2D eigenvalue weighted by atomic mass is 9.86. The van der Waals surface area contributed by atoms with E-state index in [2.05, 4.69) is 21.8 Å². The van der Waals surface area contributed by atoms with E-state index in [0.717, 1.165) is 54.2 Å². The molecule has 0 aliphatic heterocycles. The van der Waals surface area contributed by atoms with Gasteiger partial charge in [0.25, 0.3) is 0 Å². The highest BCUT2D eigenvalue weighted by Gasteiger charge is 2.22. The molecule has 0 spiro atoms. The van der Waals surface area contributed by atoms with Crippen molar-refractivity contribution < 1.29 is 0 Å². The standard InChI is InChI=1S/C22H30ClN7/c1-29(2)21-18-6-4-5-7-19(18)27-22(28-21)26-17-10-8-15(9-11-17)12-24-13-16-14-25-30(3)20(16)23/h4-7,14-15,17,24H,8-13H2,1-3H3,(H,26,27,28)/t15-,17+. The third-order valence-corrected chi connectivity index (χ3v) is 6.36. The average Bonchev–Trinajstić information content (AvgIpc) is 3.06. The molecular weight excluding hydrogens is 398 g/mol. The largest absolute Gasteiger partial charge is 0.362 e. The maximum Gasteiger partial charge on any atom is 0.225 e. The third kappa shape index (κ3) is 4.68. The van der Waals surface area contributed by atoms with Crippen LogP contribution in [0.15, 0.2) is 30.5 Å². The second kappa shape index (κ2) is 9.18. The molecule has 0 atom stereocenters. The topological polar surface area (TPSA) is 70.9 Å². The molecule has 30 heavy (non-hydrogen) atoms. The molecule has 1 saturated carbocycles. The van der Waals surface area contributed by atoms with E-state index in [1.807, 2.05) is 50.4 Å². The molecule has 2 heterocycles. The first-order chi connectivity index (χ1) is 14.5. The van der Waals surface area contributed by atoms with Gasteiger partial charge in [-0.05, 0) is 50.3 Å². The lowest BCUT2D eigenvalue weighted by molar-refractivity contribution is 0.324. The third-order valence-electron chi connectivity index (χ3n) is 5.87. The Morgan fingerprint density at radius 3 is 2.60 bits per heavy atom. The van der Waals surface area contributed by atoms with Gasteiger partial charge in [0.2, 0.25) is 5.95 Å². The highest BCUT2D eigenvalue weighted by Crippen LogP contribution is 2.28. The molecule has 2 N–H and O–H groups in total. The van der Waals surface area contributed by atoms with E-state index in [9.17, 15) is 0 Å². The number of halogens is 1. The maximum absolute atomic E-state index is 6.23. The van der Waals surface area contributed by atoms with Crippen molar-refractivity contribution in [1.82, 2.24) is 25.1 Å². The van der Waals surface area contributed by atoms with Crippen LogP contribution in [0.25, 0.3) is 10.9 Å². The minimum absolute atomic E-state index is 0.421. The number of aryl methyl sites for hydroxylation is 1. The van der Waals surface area contributed by atoms with E-state index >= 15 is 0 Å². The quantitative estimate of drug-likeness (QED) is 0.596. The van der Waals surface area contributed by atoms with Crippen LogP contribution in [0.5, 0.6) is 0 Å². The molecule has 1 aliphatic rings. The summed E-state index contributed by atoms with van der Waals surface area (Å²) in [6.07, 6.45) is 6.49. The Bertz CT molecular complexity index is 992. The second-order valence-electron chi connectivity index (χ2n) is 8.36. The Hall–Kier alpha value is -2.38. The van der Waals surface area contributed by atoms with Crippen LogP contribution in [-0.4, -0.2) is 46.4 Å². The molecule has 0 bridgehead atoms. The highest BCUT2D eigenvalue weighted by molar-refractivity contribution is 6.30. The monoisotopic (exact) mass is 427 g/mol. The van der Waals surface area contributed by atoms with Gasteiger partial charge < -0.3 is 15.5 Å². The molecule has 4 rings (SSSR count). The molecule has 1 aromatic carbocycles. The molecule has 0 saturated heterocycles. The van der Waals surface area contributed by atoms with Gasteiger partial charge >= 0.3 is 0 Å². The van der Waals surface area contributed by atoms with Crippen LogP contribution < -0.4 is 15.5 Å². The second-order valence-corrected chi connectivity index (χ2v) is 8.72. The number of rotatable bonds is 7. The van der Waals surface area contributed by atoms with Crippen molar-refractivity contribution in [3.8, 4) is 0 Å². The Kier molecular flexibility index (Phi) is 6.39. The van der Waals surface area contributed by atoms with Gasteiger partial charge in [-0.25, -0.2) is 4.98 Å². The van der Waals surface area contributed by atoms with Gasteiger partial charge in [-0.1, -0.05) is 23.7 Å².